The van der Waals surface area contributed by atoms with Crippen LogP contribution in [0.2, 0.25) is 0 Å². The molecule has 0 bridgehead atoms. The van der Waals surface area contributed by atoms with Gasteiger partial charge in [-0.15, -0.1) is 11.8 Å². The van der Waals surface area contributed by atoms with E-state index in [1.807, 2.05) is 0 Å². The summed E-state index contributed by atoms with van der Waals surface area (Å²) in [6.07, 6.45) is 3.32. The van der Waals surface area contributed by atoms with E-state index in [0.29, 0.717) is 17.5 Å². The van der Waals surface area contributed by atoms with Crippen molar-refractivity contribution in [1.29, 1.82) is 0 Å². The molecule has 1 aliphatic heterocycles. The third-order valence-electron chi connectivity index (χ3n) is 4.34. The van der Waals surface area contributed by atoms with Crippen LogP contribution in [0, 0.1) is 5.41 Å². The van der Waals surface area contributed by atoms with Crippen molar-refractivity contribution in [3.63, 3.8) is 0 Å². The van der Waals surface area contributed by atoms with E-state index in [1.165, 1.54) is 17.0 Å². The third-order valence-corrected chi connectivity index (χ3v) is 5.08. The highest BCUT2D eigenvalue weighted by Gasteiger charge is 2.33. The summed E-state index contributed by atoms with van der Waals surface area (Å²) in [6.45, 7) is 11.4. The van der Waals surface area contributed by atoms with Crippen LogP contribution in [0.4, 0.5) is 5.69 Å². The van der Waals surface area contributed by atoms with Crippen molar-refractivity contribution >= 4 is 17.4 Å². The second-order valence-corrected chi connectivity index (χ2v) is 7.62. The Hall–Kier alpha value is -0.670. The highest BCUT2D eigenvalue weighted by Crippen LogP contribution is 2.29. The molecule has 1 saturated heterocycles. The van der Waals surface area contributed by atoms with Crippen LogP contribution in [0.3, 0.4) is 0 Å². The van der Waals surface area contributed by atoms with Crippen LogP contribution in [0.5, 0.6) is 0 Å². The molecule has 2 unspecified atom stereocenters. The summed E-state index contributed by atoms with van der Waals surface area (Å²) < 4.78 is 0. The summed E-state index contributed by atoms with van der Waals surface area (Å²) in [5, 5.41) is 3.74. The average Bonchev–Trinajstić information content (AvgIpc) is 2.45. The largest absolute Gasteiger partial charge is 0.366 e. The van der Waals surface area contributed by atoms with Crippen LogP contribution in [0.25, 0.3) is 0 Å². The van der Waals surface area contributed by atoms with Gasteiger partial charge in [-0.3, -0.25) is 0 Å². The van der Waals surface area contributed by atoms with Gasteiger partial charge in [0, 0.05) is 35.8 Å². The normalized spacial score (nSPS) is 23.9. The number of nitrogens with one attached hydrogen (secondary N) is 1. The van der Waals surface area contributed by atoms with Crippen LogP contribution >= 0.6 is 11.8 Å². The number of anilines is 1. The molecular weight excluding hydrogens is 264 g/mol. The molecule has 1 aromatic rings. The van der Waals surface area contributed by atoms with Crippen LogP contribution in [-0.4, -0.2) is 31.4 Å². The highest BCUT2D eigenvalue weighted by molar-refractivity contribution is 7.98. The van der Waals surface area contributed by atoms with Crippen molar-refractivity contribution in [3.8, 4) is 0 Å². The third kappa shape index (κ3) is 3.50. The molecule has 1 aromatic carbocycles. The van der Waals surface area contributed by atoms with E-state index in [1.54, 1.807) is 11.8 Å². The molecule has 20 heavy (non-hydrogen) atoms. The molecule has 0 spiro atoms. The molecular formula is C17H28N2S. The summed E-state index contributed by atoms with van der Waals surface area (Å²) in [5.41, 5.74) is 1.67. The Bertz CT molecular complexity index is 422. The first-order valence-corrected chi connectivity index (χ1v) is 8.82. The lowest BCUT2D eigenvalue weighted by Crippen LogP contribution is -2.60. The van der Waals surface area contributed by atoms with Gasteiger partial charge in [-0.05, 0) is 42.4 Å². The second kappa shape index (κ2) is 6.40. The van der Waals surface area contributed by atoms with E-state index >= 15 is 0 Å². The molecule has 1 heterocycles. The lowest BCUT2D eigenvalue weighted by atomic mass is 9.84. The first-order valence-electron chi connectivity index (χ1n) is 7.59. The zero-order valence-electron chi connectivity index (χ0n) is 13.4. The molecule has 1 aliphatic rings. The zero-order valence-corrected chi connectivity index (χ0v) is 14.3. The Balaban J connectivity index is 2.19. The summed E-state index contributed by atoms with van der Waals surface area (Å²) in [7, 11) is 0. The Kier molecular flexibility index (Phi) is 5.03. The fourth-order valence-corrected chi connectivity index (χ4v) is 3.24. The van der Waals surface area contributed by atoms with E-state index in [0.717, 1.165) is 13.1 Å². The minimum absolute atomic E-state index is 0.302. The van der Waals surface area contributed by atoms with Crippen LogP contribution in [0.15, 0.2) is 29.2 Å². The van der Waals surface area contributed by atoms with Crippen molar-refractivity contribution in [3.05, 3.63) is 24.3 Å². The van der Waals surface area contributed by atoms with E-state index in [9.17, 15) is 0 Å². The molecule has 0 radical (unpaired) electrons. The lowest BCUT2D eigenvalue weighted by molar-refractivity contribution is 0.233. The molecule has 3 heteroatoms. The first kappa shape index (κ1) is 15.7. The molecule has 1 fully saturated rings. The summed E-state index contributed by atoms with van der Waals surface area (Å²) in [4.78, 5) is 3.93. The molecule has 0 aliphatic carbocycles. The van der Waals surface area contributed by atoms with Gasteiger partial charge >= 0.3 is 0 Å². The molecule has 2 atom stereocenters. The van der Waals surface area contributed by atoms with E-state index in [4.69, 9.17) is 0 Å². The highest BCUT2D eigenvalue weighted by atomic mass is 32.2. The summed E-state index contributed by atoms with van der Waals surface area (Å²) in [5.74, 6) is 0. The SMILES string of the molecule is CCC1CNC(C(C)(C)C)CN1c1ccc(SC)cc1. The van der Waals surface area contributed by atoms with E-state index in [2.05, 4.69) is 68.4 Å². The Morgan fingerprint density at radius 2 is 1.90 bits per heavy atom. The minimum Gasteiger partial charge on any atom is -0.366 e. The van der Waals surface area contributed by atoms with Gasteiger partial charge in [0.25, 0.3) is 0 Å². The molecule has 0 aromatic heterocycles. The lowest BCUT2D eigenvalue weighted by Gasteiger charge is -2.46. The van der Waals surface area contributed by atoms with Gasteiger partial charge < -0.3 is 10.2 Å². The Labute approximate surface area is 128 Å². The Morgan fingerprint density at radius 3 is 2.40 bits per heavy atom. The molecule has 2 rings (SSSR count). The topological polar surface area (TPSA) is 15.3 Å². The number of thioether (sulfide) groups is 1. The smallest absolute Gasteiger partial charge is 0.0412 e. The first-order chi connectivity index (χ1) is 9.45. The van der Waals surface area contributed by atoms with Gasteiger partial charge in [0.05, 0.1) is 0 Å². The minimum atomic E-state index is 0.302. The van der Waals surface area contributed by atoms with Crippen molar-refractivity contribution in [2.24, 2.45) is 5.41 Å². The van der Waals surface area contributed by atoms with Crippen molar-refractivity contribution < 1.29 is 0 Å². The monoisotopic (exact) mass is 292 g/mol. The zero-order chi connectivity index (χ0) is 14.8. The van der Waals surface area contributed by atoms with Gasteiger partial charge in [-0.25, -0.2) is 0 Å². The summed E-state index contributed by atoms with van der Waals surface area (Å²) in [6, 6.07) is 10.2. The van der Waals surface area contributed by atoms with Gasteiger partial charge in [0.1, 0.15) is 0 Å². The predicted octanol–water partition coefficient (Wildman–Crippen LogP) is 4.01. The van der Waals surface area contributed by atoms with Gasteiger partial charge in [0.2, 0.25) is 0 Å². The second-order valence-electron chi connectivity index (χ2n) is 6.74. The number of piperazine rings is 1. The predicted molar refractivity (Wildman–Crippen MR) is 90.9 cm³/mol. The number of rotatable bonds is 3. The Morgan fingerprint density at radius 1 is 1.25 bits per heavy atom. The van der Waals surface area contributed by atoms with E-state index in [-0.39, 0.29) is 0 Å². The molecule has 0 amide bonds. The standard InChI is InChI=1S/C17H28N2S/c1-6-13-11-18-16(17(2,3)4)12-19(13)14-7-9-15(20-5)10-8-14/h7-10,13,16,18H,6,11-12H2,1-5H3. The molecule has 112 valence electrons. The van der Waals surface area contributed by atoms with Crippen LogP contribution < -0.4 is 10.2 Å². The fraction of sp³-hybridized carbons (Fsp3) is 0.647. The number of nitrogens with zero attached hydrogens (tertiary/aromatic N) is 1. The van der Waals surface area contributed by atoms with Crippen LogP contribution in [0.1, 0.15) is 34.1 Å². The number of benzene rings is 1. The molecule has 1 N–H and O–H groups in total. The van der Waals surface area contributed by atoms with Crippen molar-refractivity contribution in [2.75, 3.05) is 24.2 Å². The fourth-order valence-electron chi connectivity index (χ4n) is 2.83. The van der Waals surface area contributed by atoms with Gasteiger partial charge in [-0.1, -0.05) is 27.7 Å². The number of hydrogen-bond acceptors (Lipinski definition) is 3. The summed E-state index contributed by atoms with van der Waals surface area (Å²) >= 11 is 1.80. The quantitative estimate of drug-likeness (QED) is 0.847. The maximum atomic E-state index is 3.74. The van der Waals surface area contributed by atoms with Gasteiger partial charge in [0.15, 0.2) is 0 Å². The van der Waals surface area contributed by atoms with Crippen molar-refractivity contribution in [2.45, 2.75) is 51.1 Å². The maximum Gasteiger partial charge on any atom is 0.0412 e. The maximum absolute atomic E-state index is 3.74. The van der Waals surface area contributed by atoms with Gasteiger partial charge in [-0.2, -0.15) is 0 Å². The number of hydrogen-bond donors (Lipinski definition) is 1. The van der Waals surface area contributed by atoms with Crippen LogP contribution in [-0.2, 0) is 0 Å². The molecule has 0 saturated carbocycles. The van der Waals surface area contributed by atoms with Crippen molar-refractivity contribution in [1.82, 2.24) is 5.32 Å². The molecule has 2 nitrogen and oxygen atoms in total. The van der Waals surface area contributed by atoms with E-state index < -0.39 is 0 Å². The average molecular weight is 292 g/mol.